The average molecular weight is 615 g/mol. The van der Waals surface area contributed by atoms with Crippen LogP contribution in [-0.2, 0) is 28.8 Å². The summed E-state index contributed by atoms with van der Waals surface area (Å²) in [5.74, 6) is -2.95. The average Bonchev–Trinajstić information content (AvgIpc) is 3.57. The van der Waals surface area contributed by atoms with Crippen molar-refractivity contribution in [1.29, 1.82) is 0 Å². The monoisotopic (exact) mass is 614 g/mol. The summed E-state index contributed by atoms with van der Waals surface area (Å²) in [5.41, 5.74) is 5.70. The van der Waals surface area contributed by atoms with E-state index in [9.17, 15) is 24.3 Å². The third kappa shape index (κ3) is 6.15. The molecule has 4 rings (SSSR count). The van der Waals surface area contributed by atoms with Crippen molar-refractivity contribution < 1.29 is 33.9 Å². The molecule has 2 atom stereocenters. The third-order valence-electron chi connectivity index (χ3n) is 5.25. The standard InChI is InChI=1S/C20H22N8O7S4/c1-4-34-17(33)20(2,3)35-26-9(12-24-18(21)39-27-12)13(29)23-10-14(30)28-11(16(31)32)8(5-36-15(10)28)6-37-19-25-22-7-38-19/h7,10,15H,4-6H2,1-3H3,(H,23,29)(H,31,32)(H2,21,24,27)/b26-9-/t10?,15-/m1/s1. The molecule has 4 N–H and O–H groups in total. The fourth-order valence-corrected chi connectivity index (χ4v) is 6.80. The lowest BCUT2D eigenvalue weighted by Gasteiger charge is -2.49. The number of carbonyl (C=O) groups is 4. The highest BCUT2D eigenvalue weighted by Gasteiger charge is 2.54. The number of oxime groups is 1. The van der Waals surface area contributed by atoms with Gasteiger partial charge in [0, 0.05) is 23.0 Å². The number of nitrogens with zero attached hydrogens (tertiary/aromatic N) is 6. The Morgan fingerprint density at radius 3 is 2.77 bits per heavy atom. The van der Waals surface area contributed by atoms with E-state index in [1.54, 1.807) is 12.4 Å². The van der Waals surface area contributed by atoms with Crippen LogP contribution in [0.2, 0.25) is 0 Å². The molecule has 0 saturated carbocycles. The van der Waals surface area contributed by atoms with Crippen LogP contribution in [0.1, 0.15) is 26.6 Å². The minimum Gasteiger partial charge on any atom is -0.477 e. The van der Waals surface area contributed by atoms with Crippen LogP contribution in [0.15, 0.2) is 26.3 Å². The number of aliphatic carboxylic acids is 1. The van der Waals surface area contributed by atoms with Crippen molar-refractivity contribution in [2.24, 2.45) is 5.16 Å². The number of aromatic nitrogens is 4. The molecule has 15 nitrogen and oxygen atoms in total. The summed E-state index contributed by atoms with van der Waals surface area (Å²) < 4.78 is 9.61. The zero-order valence-electron chi connectivity index (χ0n) is 20.6. The Balaban J connectivity index is 1.51. The number of hydrogen-bond donors (Lipinski definition) is 3. The number of carbonyl (C=O) groups excluding carboxylic acids is 3. The molecular formula is C20H22N8O7S4. The first-order chi connectivity index (χ1) is 18.5. The van der Waals surface area contributed by atoms with Crippen molar-refractivity contribution in [3.8, 4) is 0 Å². The predicted molar refractivity (Wildman–Crippen MR) is 143 cm³/mol. The minimum absolute atomic E-state index is 0.0547. The van der Waals surface area contributed by atoms with Gasteiger partial charge in [0.25, 0.3) is 11.8 Å². The number of nitrogens with one attached hydrogen (secondary N) is 1. The Morgan fingerprint density at radius 1 is 1.38 bits per heavy atom. The molecule has 1 saturated heterocycles. The van der Waals surface area contributed by atoms with Gasteiger partial charge in [0.15, 0.2) is 9.47 Å². The van der Waals surface area contributed by atoms with Crippen LogP contribution in [-0.4, -0.2) is 94.2 Å². The van der Waals surface area contributed by atoms with E-state index in [0.717, 1.165) is 16.4 Å². The quantitative estimate of drug-likeness (QED) is 0.104. The normalized spacial score (nSPS) is 19.3. The molecule has 1 fully saturated rings. The Hall–Kier alpha value is -3.29. The summed E-state index contributed by atoms with van der Waals surface area (Å²) in [6.07, 6.45) is 0. The predicted octanol–water partition coefficient (Wildman–Crippen LogP) is 0.565. The van der Waals surface area contributed by atoms with Crippen molar-refractivity contribution in [2.45, 2.75) is 42.1 Å². The lowest BCUT2D eigenvalue weighted by molar-refractivity contribution is -0.167. The van der Waals surface area contributed by atoms with Crippen molar-refractivity contribution in [2.75, 3.05) is 23.8 Å². The minimum atomic E-state index is -1.55. The molecule has 1 unspecified atom stereocenters. The Bertz CT molecular complexity index is 1340. The number of rotatable bonds is 11. The van der Waals surface area contributed by atoms with E-state index in [1.165, 1.54) is 48.7 Å². The molecule has 2 aliphatic rings. The first-order valence-corrected chi connectivity index (χ1v) is 14.8. The van der Waals surface area contributed by atoms with Gasteiger partial charge in [-0.05, 0) is 26.3 Å². The van der Waals surface area contributed by atoms with Crippen molar-refractivity contribution in [3.05, 3.63) is 22.6 Å². The first kappa shape index (κ1) is 28.7. The maximum absolute atomic E-state index is 13.2. The Morgan fingerprint density at radius 2 is 2.15 bits per heavy atom. The van der Waals surface area contributed by atoms with E-state index in [2.05, 4.69) is 30.0 Å². The largest absolute Gasteiger partial charge is 0.477 e. The highest BCUT2D eigenvalue weighted by atomic mass is 32.2. The van der Waals surface area contributed by atoms with Crippen LogP contribution < -0.4 is 11.1 Å². The third-order valence-corrected chi connectivity index (χ3v) is 9.08. The van der Waals surface area contributed by atoms with E-state index in [4.69, 9.17) is 15.3 Å². The Kier molecular flexibility index (Phi) is 8.72. The number of esters is 1. The first-order valence-electron chi connectivity index (χ1n) is 11.2. The second-order valence-corrected chi connectivity index (χ2v) is 12.3. The molecule has 0 spiro atoms. The zero-order valence-corrected chi connectivity index (χ0v) is 23.9. The number of amides is 2. The fraction of sp³-hybridized carbons (Fsp3) is 0.450. The topological polar surface area (TPSA) is 212 Å². The van der Waals surface area contributed by atoms with Crippen LogP contribution in [0.25, 0.3) is 0 Å². The summed E-state index contributed by atoms with van der Waals surface area (Å²) >= 11 is 4.78. The van der Waals surface area contributed by atoms with Crippen molar-refractivity contribution in [3.63, 3.8) is 0 Å². The van der Waals surface area contributed by atoms with Gasteiger partial charge in [-0.25, -0.2) is 9.59 Å². The van der Waals surface area contributed by atoms with E-state index in [1.807, 2.05) is 0 Å². The van der Waals surface area contributed by atoms with Gasteiger partial charge >= 0.3 is 11.9 Å². The highest BCUT2D eigenvalue weighted by Crippen LogP contribution is 2.41. The smallest absolute Gasteiger partial charge is 0.352 e. The lowest BCUT2D eigenvalue weighted by Crippen LogP contribution is -2.71. The number of ether oxygens (including phenoxy) is 1. The number of carboxylic acid groups (broad SMARTS) is 1. The number of nitrogen functional groups attached to an aromatic ring is 1. The molecule has 2 aromatic rings. The van der Waals surface area contributed by atoms with Gasteiger partial charge in [-0.15, -0.1) is 22.0 Å². The van der Waals surface area contributed by atoms with Gasteiger partial charge in [-0.2, -0.15) is 9.36 Å². The van der Waals surface area contributed by atoms with Crippen LogP contribution in [0, 0.1) is 0 Å². The second kappa shape index (κ2) is 11.8. The molecule has 19 heteroatoms. The fourth-order valence-electron chi connectivity index (χ4n) is 3.40. The summed E-state index contributed by atoms with van der Waals surface area (Å²) in [6.45, 7) is 4.55. The van der Waals surface area contributed by atoms with Crippen LogP contribution >= 0.6 is 46.4 Å². The number of nitrogens with two attached hydrogens (primary N) is 1. The maximum atomic E-state index is 13.2. The number of anilines is 1. The van der Waals surface area contributed by atoms with Gasteiger partial charge in [0.05, 0.1) is 6.61 Å². The summed E-state index contributed by atoms with van der Waals surface area (Å²) in [7, 11) is 0. The van der Waals surface area contributed by atoms with Crippen LogP contribution in [0.3, 0.4) is 0 Å². The molecule has 0 bridgehead atoms. The van der Waals surface area contributed by atoms with Gasteiger partial charge < -0.3 is 25.7 Å². The van der Waals surface area contributed by atoms with Crippen LogP contribution in [0.5, 0.6) is 0 Å². The number of fused-ring (bicyclic) bond motifs is 1. The molecule has 2 aromatic heterocycles. The van der Waals surface area contributed by atoms with Gasteiger partial charge in [-0.1, -0.05) is 28.3 Å². The number of carboxylic acids is 1. The Labute approximate surface area is 237 Å². The van der Waals surface area contributed by atoms with Crippen molar-refractivity contribution in [1.82, 2.24) is 29.8 Å². The molecule has 39 heavy (non-hydrogen) atoms. The maximum Gasteiger partial charge on any atom is 0.352 e. The number of hydrogen-bond acceptors (Lipinski definition) is 16. The molecule has 0 aliphatic carbocycles. The second-order valence-electron chi connectivity index (χ2n) is 8.33. The van der Waals surface area contributed by atoms with E-state index < -0.39 is 46.5 Å². The van der Waals surface area contributed by atoms with E-state index in [0.29, 0.717) is 21.4 Å². The lowest BCUT2D eigenvalue weighted by atomic mass is 10.0. The van der Waals surface area contributed by atoms with E-state index >= 15 is 0 Å². The highest BCUT2D eigenvalue weighted by molar-refractivity contribution is 8.01. The molecule has 0 radical (unpaired) electrons. The van der Waals surface area contributed by atoms with Crippen molar-refractivity contribution >= 4 is 81.0 Å². The molecule has 2 aliphatic heterocycles. The summed E-state index contributed by atoms with van der Waals surface area (Å²) in [5, 5.41) is 23.3. The molecule has 4 heterocycles. The van der Waals surface area contributed by atoms with Gasteiger partial charge in [0.2, 0.25) is 17.1 Å². The summed E-state index contributed by atoms with van der Waals surface area (Å²) in [6, 6.07) is -1.05. The molecule has 2 amide bonds. The molecule has 0 aromatic carbocycles. The molecular weight excluding hydrogens is 593 g/mol. The van der Waals surface area contributed by atoms with Gasteiger partial charge in [0.1, 0.15) is 22.6 Å². The zero-order chi connectivity index (χ0) is 28.3. The summed E-state index contributed by atoms with van der Waals surface area (Å²) in [4.78, 5) is 61.0. The van der Waals surface area contributed by atoms with E-state index in [-0.39, 0.29) is 23.3 Å². The number of thioether (sulfide) groups is 2. The SMILES string of the molecule is CCOC(=O)C(C)(C)O/N=C(\C(=O)NC1C(=O)N2C(C(=O)O)=C(CSc3nncs3)CS[C@H]12)c1nsc(N)n1. The molecule has 208 valence electrons. The van der Waals surface area contributed by atoms with Gasteiger partial charge in [-0.3, -0.25) is 14.5 Å². The van der Waals surface area contributed by atoms with Crippen LogP contribution in [0.4, 0.5) is 5.13 Å². The number of β-lactam (4-membered cyclic amide) rings is 1.